The molecule has 0 unspecified atom stereocenters. The van der Waals surface area contributed by atoms with Gasteiger partial charge in [-0.2, -0.15) is 0 Å². The molecule has 0 spiro atoms. The number of ether oxygens (including phenoxy) is 1. The van der Waals surface area contributed by atoms with Crippen LogP contribution in [0.15, 0.2) is 24.3 Å². The number of morpholine rings is 1. The highest BCUT2D eigenvalue weighted by molar-refractivity contribution is 7.16. The highest BCUT2D eigenvalue weighted by atomic mass is 35.5. The van der Waals surface area contributed by atoms with E-state index in [-0.39, 0.29) is 0 Å². The predicted molar refractivity (Wildman–Crippen MR) is 83.8 cm³/mol. The van der Waals surface area contributed by atoms with E-state index in [9.17, 15) is 0 Å². The second kappa shape index (κ2) is 5.99. The summed E-state index contributed by atoms with van der Waals surface area (Å²) in [5, 5.41) is 1.74. The monoisotopic (exact) mass is 309 g/mol. The number of rotatable bonds is 3. The van der Waals surface area contributed by atoms with Gasteiger partial charge in [0.05, 0.1) is 18.1 Å². The van der Waals surface area contributed by atoms with Gasteiger partial charge in [0.25, 0.3) is 0 Å². The third-order valence-electron chi connectivity index (χ3n) is 3.25. The maximum Gasteiger partial charge on any atom is 0.187 e. The number of nitrogens with two attached hydrogens (primary N) is 1. The van der Waals surface area contributed by atoms with Gasteiger partial charge in [-0.15, -0.1) is 0 Å². The van der Waals surface area contributed by atoms with Crippen molar-refractivity contribution < 1.29 is 4.74 Å². The fourth-order valence-corrected chi connectivity index (χ4v) is 3.48. The number of hydrogen-bond acceptors (Lipinski definition) is 5. The molecule has 2 aromatic rings. The van der Waals surface area contributed by atoms with Crippen molar-refractivity contribution in [1.29, 1.82) is 0 Å². The molecule has 2 N–H and O–H groups in total. The standard InChI is InChI=1S/C14H16ClN3OS/c15-11-3-1-2-10(8-11)9-12-13(16)17-14(20-12)18-4-6-19-7-5-18/h1-3,8H,4-7,9,16H2. The predicted octanol–water partition coefficient (Wildman–Crippen LogP) is 2.81. The minimum absolute atomic E-state index is 0.622. The summed E-state index contributed by atoms with van der Waals surface area (Å²) in [6.07, 6.45) is 0.772. The van der Waals surface area contributed by atoms with Crippen LogP contribution in [0.3, 0.4) is 0 Å². The lowest BCUT2D eigenvalue weighted by Gasteiger charge is -2.25. The molecule has 1 aliphatic rings. The first-order valence-electron chi connectivity index (χ1n) is 6.55. The zero-order valence-electron chi connectivity index (χ0n) is 11.0. The van der Waals surface area contributed by atoms with E-state index in [0.29, 0.717) is 5.82 Å². The molecule has 1 fully saturated rings. The zero-order valence-corrected chi connectivity index (χ0v) is 12.6. The molecule has 2 heterocycles. The minimum atomic E-state index is 0.622. The second-order valence-electron chi connectivity index (χ2n) is 4.71. The molecule has 0 atom stereocenters. The fourth-order valence-electron chi connectivity index (χ4n) is 2.20. The molecule has 1 aromatic carbocycles. The molecule has 1 aliphatic heterocycles. The molecular weight excluding hydrogens is 294 g/mol. The number of hydrogen-bond donors (Lipinski definition) is 1. The number of nitrogen functional groups attached to an aromatic ring is 1. The first kappa shape index (κ1) is 13.7. The summed E-state index contributed by atoms with van der Waals surface area (Å²) in [6, 6.07) is 7.85. The van der Waals surface area contributed by atoms with E-state index in [4.69, 9.17) is 22.1 Å². The SMILES string of the molecule is Nc1nc(N2CCOCC2)sc1Cc1cccc(Cl)c1. The number of thiazole rings is 1. The van der Waals surface area contributed by atoms with Crippen LogP contribution in [0.25, 0.3) is 0 Å². The Morgan fingerprint density at radius 3 is 2.90 bits per heavy atom. The second-order valence-corrected chi connectivity index (χ2v) is 6.21. The molecule has 6 heteroatoms. The largest absolute Gasteiger partial charge is 0.383 e. The van der Waals surface area contributed by atoms with Crippen LogP contribution in [0.5, 0.6) is 0 Å². The van der Waals surface area contributed by atoms with Crippen LogP contribution in [0.4, 0.5) is 10.9 Å². The number of aromatic nitrogens is 1. The van der Waals surface area contributed by atoms with Gasteiger partial charge in [0.1, 0.15) is 5.82 Å². The lowest BCUT2D eigenvalue weighted by Crippen LogP contribution is -2.36. The third kappa shape index (κ3) is 3.06. The van der Waals surface area contributed by atoms with Gasteiger partial charge in [-0.3, -0.25) is 0 Å². The third-order valence-corrected chi connectivity index (χ3v) is 4.62. The smallest absolute Gasteiger partial charge is 0.187 e. The van der Waals surface area contributed by atoms with Crippen LogP contribution in [0.1, 0.15) is 10.4 Å². The fraction of sp³-hybridized carbons (Fsp3) is 0.357. The molecule has 3 rings (SSSR count). The summed E-state index contributed by atoms with van der Waals surface area (Å²) in [5.41, 5.74) is 7.20. The molecule has 0 radical (unpaired) electrons. The maximum atomic E-state index is 6.04. The van der Waals surface area contributed by atoms with E-state index < -0.39 is 0 Å². The van der Waals surface area contributed by atoms with Gasteiger partial charge in [-0.1, -0.05) is 35.1 Å². The lowest BCUT2D eigenvalue weighted by molar-refractivity contribution is 0.122. The molecule has 106 valence electrons. The van der Waals surface area contributed by atoms with Crippen LogP contribution in [0, 0.1) is 0 Å². The first-order valence-corrected chi connectivity index (χ1v) is 7.74. The molecule has 0 amide bonds. The molecule has 0 saturated carbocycles. The van der Waals surface area contributed by atoms with Gasteiger partial charge < -0.3 is 15.4 Å². The van der Waals surface area contributed by atoms with E-state index in [1.54, 1.807) is 11.3 Å². The minimum Gasteiger partial charge on any atom is -0.383 e. The summed E-state index contributed by atoms with van der Waals surface area (Å²) in [5.74, 6) is 0.622. The molecule has 0 aliphatic carbocycles. The highest BCUT2D eigenvalue weighted by Gasteiger charge is 2.17. The van der Waals surface area contributed by atoms with Crippen molar-refractivity contribution in [1.82, 2.24) is 4.98 Å². The first-order chi connectivity index (χ1) is 9.72. The Balaban J connectivity index is 1.78. The summed E-state index contributed by atoms with van der Waals surface area (Å²) >= 11 is 7.67. The summed E-state index contributed by atoms with van der Waals surface area (Å²) < 4.78 is 5.36. The van der Waals surface area contributed by atoms with Crippen LogP contribution in [0.2, 0.25) is 5.02 Å². The molecule has 20 heavy (non-hydrogen) atoms. The van der Waals surface area contributed by atoms with Crippen LogP contribution < -0.4 is 10.6 Å². The maximum absolute atomic E-state index is 6.04. The van der Waals surface area contributed by atoms with Gasteiger partial charge in [-0.05, 0) is 17.7 Å². The number of nitrogens with zero attached hydrogens (tertiary/aromatic N) is 2. The summed E-state index contributed by atoms with van der Waals surface area (Å²) in [4.78, 5) is 7.81. The normalized spacial score (nSPS) is 15.6. The molecule has 1 saturated heterocycles. The molecule has 0 bridgehead atoms. The van der Waals surface area contributed by atoms with Crippen molar-refractivity contribution in [3.05, 3.63) is 39.7 Å². The lowest BCUT2D eigenvalue weighted by atomic mass is 10.1. The Morgan fingerprint density at radius 2 is 2.15 bits per heavy atom. The molecule has 4 nitrogen and oxygen atoms in total. The van der Waals surface area contributed by atoms with Crippen molar-refractivity contribution in [2.75, 3.05) is 36.9 Å². The van der Waals surface area contributed by atoms with Crippen LogP contribution >= 0.6 is 22.9 Å². The van der Waals surface area contributed by atoms with Gasteiger partial charge in [-0.25, -0.2) is 4.98 Å². The molecular formula is C14H16ClN3OS. The van der Waals surface area contributed by atoms with Crippen molar-refractivity contribution in [2.45, 2.75) is 6.42 Å². The Bertz CT molecular complexity index is 596. The average molecular weight is 310 g/mol. The van der Waals surface area contributed by atoms with Gasteiger partial charge in [0.2, 0.25) is 0 Å². The summed E-state index contributed by atoms with van der Waals surface area (Å²) in [7, 11) is 0. The number of benzene rings is 1. The van der Waals surface area contributed by atoms with E-state index >= 15 is 0 Å². The summed E-state index contributed by atoms with van der Waals surface area (Å²) in [6.45, 7) is 3.26. The average Bonchev–Trinajstić information content (AvgIpc) is 2.81. The Hall–Kier alpha value is -1.30. The van der Waals surface area contributed by atoms with Crippen molar-refractivity contribution in [3.8, 4) is 0 Å². The highest BCUT2D eigenvalue weighted by Crippen LogP contribution is 2.30. The van der Waals surface area contributed by atoms with Crippen LogP contribution in [-0.4, -0.2) is 31.3 Å². The van der Waals surface area contributed by atoms with Gasteiger partial charge >= 0.3 is 0 Å². The molecule has 1 aromatic heterocycles. The van der Waals surface area contributed by atoms with Gasteiger partial charge in [0.15, 0.2) is 5.13 Å². The van der Waals surface area contributed by atoms with E-state index in [0.717, 1.165) is 53.3 Å². The Labute approximate surface area is 127 Å². The Morgan fingerprint density at radius 1 is 1.35 bits per heavy atom. The Kier molecular flexibility index (Phi) is 4.10. The number of anilines is 2. The topological polar surface area (TPSA) is 51.4 Å². The van der Waals surface area contributed by atoms with Crippen molar-refractivity contribution in [2.24, 2.45) is 0 Å². The van der Waals surface area contributed by atoms with Crippen molar-refractivity contribution in [3.63, 3.8) is 0 Å². The van der Waals surface area contributed by atoms with Gasteiger partial charge in [0, 0.05) is 24.5 Å². The number of halogens is 1. The quantitative estimate of drug-likeness (QED) is 0.947. The van der Waals surface area contributed by atoms with Crippen LogP contribution in [-0.2, 0) is 11.2 Å². The zero-order chi connectivity index (χ0) is 13.9. The van der Waals surface area contributed by atoms with E-state index in [1.807, 2.05) is 18.2 Å². The van der Waals surface area contributed by atoms with E-state index in [1.165, 1.54) is 0 Å². The van der Waals surface area contributed by atoms with Crippen molar-refractivity contribution >= 4 is 33.9 Å². The van der Waals surface area contributed by atoms with E-state index in [2.05, 4.69) is 16.0 Å².